The van der Waals surface area contributed by atoms with Crippen molar-refractivity contribution in [3.8, 4) is 22.9 Å². The lowest BCUT2D eigenvalue weighted by molar-refractivity contribution is -0.132. The number of anilines is 1. The van der Waals surface area contributed by atoms with Crippen LogP contribution in [0.25, 0.3) is 11.1 Å². The fraction of sp³-hybridized carbons (Fsp3) is 0.417. The zero-order valence-electron chi connectivity index (χ0n) is 18.1. The summed E-state index contributed by atoms with van der Waals surface area (Å²) in [6.45, 7) is 3.12. The lowest BCUT2D eigenvalue weighted by Crippen LogP contribution is -2.46. The van der Waals surface area contributed by atoms with Crippen LogP contribution in [0.4, 0.5) is 10.1 Å². The molecule has 1 fully saturated rings. The summed E-state index contributed by atoms with van der Waals surface area (Å²) in [5.41, 5.74) is 2.97. The van der Waals surface area contributed by atoms with Crippen LogP contribution in [0, 0.1) is 17.1 Å². The van der Waals surface area contributed by atoms with Crippen LogP contribution in [0.1, 0.15) is 12.0 Å². The van der Waals surface area contributed by atoms with E-state index in [1.807, 2.05) is 31.3 Å². The van der Waals surface area contributed by atoms with Crippen LogP contribution in [0.15, 0.2) is 36.4 Å². The second-order valence-electron chi connectivity index (χ2n) is 8.07. The topological polar surface area (TPSA) is 86.6 Å². The molecule has 2 aromatic carbocycles. The molecule has 0 saturated carbocycles. The van der Waals surface area contributed by atoms with Crippen molar-refractivity contribution < 1.29 is 18.7 Å². The molecule has 0 unspecified atom stereocenters. The first-order chi connectivity index (χ1) is 15.5. The van der Waals surface area contributed by atoms with E-state index in [1.54, 1.807) is 6.07 Å². The van der Waals surface area contributed by atoms with E-state index in [0.29, 0.717) is 25.3 Å². The smallest absolute Gasteiger partial charge is 0.251 e. The predicted molar refractivity (Wildman–Crippen MR) is 119 cm³/mol. The molecule has 32 heavy (non-hydrogen) atoms. The normalized spacial score (nSPS) is 19.2. The molecule has 8 heteroatoms. The third kappa shape index (κ3) is 5.01. The largest absolute Gasteiger partial charge is 0.490 e. The maximum atomic E-state index is 14.9. The van der Waals surface area contributed by atoms with E-state index >= 15 is 0 Å². The van der Waals surface area contributed by atoms with Gasteiger partial charge in [-0.2, -0.15) is 5.26 Å². The highest BCUT2D eigenvalue weighted by Gasteiger charge is 2.24. The maximum absolute atomic E-state index is 14.9. The van der Waals surface area contributed by atoms with Crippen LogP contribution in [0.5, 0.6) is 5.75 Å². The Hall–Kier alpha value is -3.15. The van der Waals surface area contributed by atoms with Crippen LogP contribution >= 0.6 is 0 Å². The molecule has 2 heterocycles. The summed E-state index contributed by atoms with van der Waals surface area (Å²) in [6.07, 6.45) is 0.262. The first-order valence-electron chi connectivity index (χ1n) is 10.8. The number of fused-ring (bicyclic) bond motifs is 1. The maximum Gasteiger partial charge on any atom is 0.251 e. The van der Waals surface area contributed by atoms with Gasteiger partial charge in [0.1, 0.15) is 30.3 Å². The Kier molecular flexibility index (Phi) is 6.88. The number of amides is 1. The van der Waals surface area contributed by atoms with Crippen molar-refractivity contribution in [1.82, 2.24) is 10.6 Å². The Balaban J connectivity index is 1.45. The molecule has 2 aromatic rings. The molecule has 0 aromatic heterocycles. The van der Waals surface area contributed by atoms with Crippen LogP contribution < -0.4 is 20.3 Å². The highest BCUT2D eigenvalue weighted by atomic mass is 19.1. The lowest BCUT2D eigenvalue weighted by Gasteiger charge is -2.28. The van der Waals surface area contributed by atoms with Crippen LogP contribution in [0.2, 0.25) is 0 Å². The molecule has 2 N–H and O–H groups in total. The molecule has 7 nitrogen and oxygen atoms in total. The van der Waals surface area contributed by atoms with Crippen LogP contribution in [0.3, 0.4) is 0 Å². The highest BCUT2D eigenvalue weighted by molar-refractivity contribution is 5.81. The molecule has 4 rings (SSSR count). The minimum atomic E-state index is -0.843. The van der Waals surface area contributed by atoms with Gasteiger partial charge in [-0.1, -0.05) is 18.2 Å². The number of rotatable bonds is 5. The van der Waals surface area contributed by atoms with E-state index in [1.165, 1.54) is 6.07 Å². The summed E-state index contributed by atoms with van der Waals surface area (Å²) in [7, 11) is 2.00. The molecule has 0 aliphatic carbocycles. The van der Waals surface area contributed by atoms with E-state index in [4.69, 9.17) is 9.47 Å². The number of likely N-dealkylation sites (N-methyl/N-ethyl adjacent to an activating group) is 1. The third-order valence-corrected chi connectivity index (χ3v) is 5.78. The summed E-state index contributed by atoms with van der Waals surface area (Å²) in [4.78, 5) is 14.6. The van der Waals surface area contributed by atoms with Crippen molar-refractivity contribution in [3.63, 3.8) is 0 Å². The van der Waals surface area contributed by atoms with E-state index in [9.17, 15) is 14.4 Å². The van der Waals surface area contributed by atoms with E-state index in [2.05, 4.69) is 21.6 Å². The van der Waals surface area contributed by atoms with Crippen molar-refractivity contribution in [2.45, 2.75) is 25.0 Å². The Morgan fingerprint density at radius 2 is 2.12 bits per heavy atom. The molecule has 2 atom stereocenters. The summed E-state index contributed by atoms with van der Waals surface area (Å²) in [6, 6.07) is 12.0. The summed E-state index contributed by atoms with van der Waals surface area (Å²) in [5.74, 6) is 0.0510. The number of benzene rings is 2. The number of ether oxygens (including phenoxy) is 2. The number of carbonyl (C=O) groups excluding carboxylic acids is 1. The Bertz CT molecular complexity index is 1010. The zero-order valence-corrected chi connectivity index (χ0v) is 18.1. The molecule has 1 saturated heterocycles. The number of hydrogen-bond acceptors (Lipinski definition) is 6. The number of carbonyl (C=O) groups is 1. The van der Waals surface area contributed by atoms with E-state index in [-0.39, 0.29) is 12.3 Å². The van der Waals surface area contributed by atoms with Crippen LogP contribution in [-0.4, -0.2) is 57.9 Å². The molecule has 0 radical (unpaired) electrons. The van der Waals surface area contributed by atoms with Crippen molar-refractivity contribution in [2.75, 3.05) is 44.8 Å². The van der Waals surface area contributed by atoms with E-state index < -0.39 is 18.0 Å². The van der Waals surface area contributed by atoms with Gasteiger partial charge in [0.2, 0.25) is 0 Å². The van der Waals surface area contributed by atoms with Gasteiger partial charge >= 0.3 is 0 Å². The Morgan fingerprint density at radius 1 is 1.31 bits per heavy atom. The van der Waals surface area contributed by atoms with Gasteiger partial charge in [0.25, 0.3) is 5.91 Å². The Labute approximate surface area is 187 Å². The summed E-state index contributed by atoms with van der Waals surface area (Å²) >= 11 is 0. The number of nitrogens with zero attached hydrogens (tertiary/aromatic N) is 2. The predicted octanol–water partition coefficient (Wildman–Crippen LogP) is 2.25. The second kappa shape index (κ2) is 9.98. The minimum absolute atomic E-state index is 0.0786. The minimum Gasteiger partial charge on any atom is -0.490 e. The molecule has 0 bridgehead atoms. The number of nitrogens with one attached hydrogen (secondary N) is 2. The van der Waals surface area contributed by atoms with Crippen molar-refractivity contribution in [2.24, 2.45) is 0 Å². The zero-order chi connectivity index (χ0) is 22.5. The Morgan fingerprint density at radius 3 is 2.94 bits per heavy atom. The van der Waals surface area contributed by atoms with Gasteiger partial charge in [0.05, 0.1) is 18.3 Å². The molecule has 1 amide bonds. The van der Waals surface area contributed by atoms with Crippen molar-refractivity contribution >= 4 is 11.6 Å². The van der Waals surface area contributed by atoms with Gasteiger partial charge in [0, 0.05) is 26.6 Å². The standard InChI is InChI=1S/C24H27FN4O3/c1-29-8-10-32-22-6-5-17(13-21(22)29)16-3-4-18(20(25)12-16)11-19(14-26)28-24(30)23-15-27-7-2-9-31-23/h3-6,12-13,19,23,27H,2,7-11,15H2,1H3,(H,28,30)/t19-,23-/m0/s1. The second-order valence-corrected chi connectivity index (χ2v) is 8.07. The quantitative estimate of drug-likeness (QED) is 0.745. The monoisotopic (exact) mass is 438 g/mol. The fourth-order valence-electron chi connectivity index (χ4n) is 3.92. The van der Waals surface area contributed by atoms with Crippen molar-refractivity contribution in [3.05, 3.63) is 47.8 Å². The number of nitriles is 1. The fourth-order valence-corrected chi connectivity index (χ4v) is 3.92. The SMILES string of the molecule is CN1CCOc2ccc(-c3ccc(C[C@@H](C#N)NC(=O)[C@@H]4CNCCCO4)c(F)c3)cc21. The molecule has 168 valence electrons. The van der Waals surface area contributed by atoms with Gasteiger partial charge in [-0.3, -0.25) is 4.79 Å². The molecular weight excluding hydrogens is 411 g/mol. The first-order valence-corrected chi connectivity index (χ1v) is 10.8. The van der Waals surface area contributed by atoms with Gasteiger partial charge in [-0.25, -0.2) is 4.39 Å². The highest BCUT2D eigenvalue weighted by Crippen LogP contribution is 2.35. The third-order valence-electron chi connectivity index (χ3n) is 5.78. The van der Waals surface area contributed by atoms with Crippen LogP contribution in [-0.2, 0) is 16.0 Å². The average molecular weight is 439 g/mol. The van der Waals surface area contributed by atoms with Gasteiger partial charge in [-0.05, 0) is 47.9 Å². The van der Waals surface area contributed by atoms with Gasteiger partial charge < -0.3 is 25.0 Å². The number of halogens is 1. The number of hydrogen-bond donors (Lipinski definition) is 2. The molecular formula is C24H27FN4O3. The molecule has 0 spiro atoms. The first kappa shape index (κ1) is 22.1. The summed E-state index contributed by atoms with van der Waals surface area (Å²) in [5, 5.41) is 15.3. The van der Waals surface area contributed by atoms with Gasteiger partial charge in [0.15, 0.2) is 0 Å². The summed E-state index contributed by atoms with van der Waals surface area (Å²) < 4.78 is 26.1. The van der Waals surface area contributed by atoms with E-state index in [0.717, 1.165) is 42.1 Å². The molecule has 2 aliphatic heterocycles. The van der Waals surface area contributed by atoms with Crippen molar-refractivity contribution in [1.29, 1.82) is 5.26 Å². The molecule has 2 aliphatic rings. The van der Waals surface area contributed by atoms with Gasteiger partial charge in [-0.15, -0.1) is 0 Å². The average Bonchev–Trinajstić information content (AvgIpc) is 3.09. The lowest BCUT2D eigenvalue weighted by atomic mass is 9.99.